The minimum absolute atomic E-state index is 0.191. The van der Waals surface area contributed by atoms with Crippen LogP contribution < -0.4 is 5.73 Å². The molecule has 0 aromatic heterocycles. The molecule has 2 rings (SSSR count). The van der Waals surface area contributed by atoms with Crippen molar-refractivity contribution in [2.45, 2.75) is 38.3 Å². The van der Waals surface area contributed by atoms with Crippen LogP contribution in [-0.2, 0) is 6.54 Å². The molecule has 0 amide bonds. The van der Waals surface area contributed by atoms with Crippen molar-refractivity contribution in [3.05, 3.63) is 34.6 Å². The Labute approximate surface area is 113 Å². The van der Waals surface area contributed by atoms with Crippen LogP contribution in [0.1, 0.15) is 31.2 Å². The van der Waals surface area contributed by atoms with Crippen LogP contribution in [0.5, 0.6) is 0 Å². The third kappa shape index (κ3) is 3.44. The summed E-state index contributed by atoms with van der Waals surface area (Å²) in [5.74, 6) is -0.332. The lowest BCUT2D eigenvalue weighted by molar-refractivity contribution is 0.134. The molecule has 1 saturated heterocycles. The quantitative estimate of drug-likeness (QED) is 0.911. The maximum Gasteiger partial charge on any atom is 0.142 e. The van der Waals surface area contributed by atoms with E-state index in [-0.39, 0.29) is 10.8 Å². The highest BCUT2D eigenvalue weighted by Crippen LogP contribution is 2.23. The predicted molar refractivity (Wildman–Crippen MR) is 73.1 cm³/mol. The van der Waals surface area contributed by atoms with E-state index >= 15 is 0 Å². The first-order valence-corrected chi connectivity index (χ1v) is 6.96. The van der Waals surface area contributed by atoms with Gasteiger partial charge in [-0.1, -0.05) is 24.1 Å². The van der Waals surface area contributed by atoms with Gasteiger partial charge in [-0.15, -0.1) is 0 Å². The lowest BCUT2D eigenvalue weighted by atomic mass is 9.98. The zero-order valence-electron chi connectivity index (χ0n) is 10.5. The minimum Gasteiger partial charge on any atom is -0.330 e. The van der Waals surface area contributed by atoms with Gasteiger partial charge < -0.3 is 5.73 Å². The summed E-state index contributed by atoms with van der Waals surface area (Å²) in [5.41, 5.74) is 6.64. The molecule has 1 aromatic rings. The number of nitrogens with two attached hydrogens (primary N) is 1. The number of hydrogen-bond donors (Lipinski definition) is 1. The maximum absolute atomic E-state index is 13.4. The van der Waals surface area contributed by atoms with Crippen LogP contribution >= 0.6 is 11.6 Å². The standard InChI is InChI=1S/C14H20ClFN2/c15-13-5-4-11(9-14(13)16)10-18-8-2-1-3-12(18)6-7-17/h4-5,9,12H,1-3,6-8,10,17H2. The van der Waals surface area contributed by atoms with Crippen molar-refractivity contribution in [1.82, 2.24) is 4.90 Å². The third-order valence-electron chi connectivity index (χ3n) is 3.62. The molecule has 0 radical (unpaired) electrons. The number of nitrogens with zero attached hydrogens (tertiary/aromatic N) is 1. The largest absolute Gasteiger partial charge is 0.330 e. The van der Waals surface area contributed by atoms with Crippen LogP contribution in [0.15, 0.2) is 18.2 Å². The van der Waals surface area contributed by atoms with Gasteiger partial charge in [0.15, 0.2) is 0 Å². The van der Waals surface area contributed by atoms with Crippen molar-refractivity contribution in [2.24, 2.45) is 5.73 Å². The van der Waals surface area contributed by atoms with E-state index < -0.39 is 0 Å². The molecule has 1 aromatic carbocycles. The fraction of sp³-hybridized carbons (Fsp3) is 0.571. The predicted octanol–water partition coefficient (Wildman–Crippen LogP) is 3.18. The van der Waals surface area contributed by atoms with Gasteiger partial charge in [-0.2, -0.15) is 0 Å². The summed E-state index contributed by atoms with van der Waals surface area (Å²) in [4.78, 5) is 2.42. The smallest absolute Gasteiger partial charge is 0.142 e. The first-order valence-electron chi connectivity index (χ1n) is 6.58. The molecule has 4 heteroatoms. The molecule has 1 unspecified atom stereocenters. The second kappa shape index (κ2) is 6.50. The van der Waals surface area contributed by atoms with Crippen LogP contribution in [0.25, 0.3) is 0 Å². The molecule has 1 fully saturated rings. The SMILES string of the molecule is NCCC1CCCCN1Cc1ccc(Cl)c(F)c1. The Bertz CT molecular complexity index is 395. The fourth-order valence-corrected chi connectivity index (χ4v) is 2.78. The van der Waals surface area contributed by atoms with Crippen molar-refractivity contribution >= 4 is 11.6 Å². The van der Waals surface area contributed by atoms with E-state index in [1.165, 1.54) is 25.3 Å². The molecule has 2 N–H and O–H groups in total. The van der Waals surface area contributed by atoms with Crippen LogP contribution in [0.4, 0.5) is 4.39 Å². The number of benzene rings is 1. The van der Waals surface area contributed by atoms with E-state index in [1.807, 2.05) is 6.07 Å². The van der Waals surface area contributed by atoms with Crippen LogP contribution in [-0.4, -0.2) is 24.0 Å². The molecule has 2 nitrogen and oxygen atoms in total. The normalized spacial score (nSPS) is 21.2. The van der Waals surface area contributed by atoms with Gasteiger partial charge >= 0.3 is 0 Å². The first kappa shape index (κ1) is 13.8. The van der Waals surface area contributed by atoms with Crippen LogP contribution in [0.2, 0.25) is 5.02 Å². The lowest BCUT2D eigenvalue weighted by Gasteiger charge is -2.35. The Morgan fingerprint density at radius 1 is 1.39 bits per heavy atom. The Morgan fingerprint density at radius 2 is 2.22 bits per heavy atom. The van der Waals surface area contributed by atoms with E-state index in [2.05, 4.69) is 4.90 Å². The summed E-state index contributed by atoms with van der Waals surface area (Å²) in [6, 6.07) is 5.62. The average Bonchev–Trinajstić information content (AvgIpc) is 2.37. The molecule has 100 valence electrons. The van der Waals surface area contributed by atoms with Gasteiger partial charge in [0, 0.05) is 12.6 Å². The van der Waals surface area contributed by atoms with E-state index in [0.29, 0.717) is 6.04 Å². The molecule has 0 spiro atoms. The van der Waals surface area contributed by atoms with Gasteiger partial charge in [0.2, 0.25) is 0 Å². The van der Waals surface area contributed by atoms with Crippen LogP contribution in [0.3, 0.4) is 0 Å². The summed E-state index contributed by atoms with van der Waals surface area (Å²) >= 11 is 5.70. The minimum atomic E-state index is -0.332. The summed E-state index contributed by atoms with van der Waals surface area (Å²) in [7, 11) is 0. The van der Waals surface area contributed by atoms with Crippen molar-refractivity contribution in [3.8, 4) is 0 Å². The van der Waals surface area contributed by atoms with E-state index in [0.717, 1.165) is 31.6 Å². The van der Waals surface area contributed by atoms with Gasteiger partial charge in [-0.05, 0) is 50.0 Å². The molecule has 1 heterocycles. The summed E-state index contributed by atoms with van der Waals surface area (Å²) < 4.78 is 13.4. The second-order valence-corrected chi connectivity index (χ2v) is 5.35. The highest BCUT2D eigenvalue weighted by molar-refractivity contribution is 6.30. The Kier molecular flexibility index (Phi) is 4.98. The van der Waals surface area contributed by atoms with Gasteiger partial charge in [0.25, 0.3) is 0 Å². The molecular weight excluding hydrogens is 251 g/mol. The van der Waals surface area contributed by atoms with E-state index in [1.54, 1.807) is 6.07 Å². The molecule has 1 aliphatic heterocycles. The van der Waals surface area contributed by atoms with Crippen molar-refractivity contribution in [1.29, 1.82) is 0 Å². The average molecular weight is 271 g/mol. The highest BCUT2D eigenvalue weighted by atomic mass is 35.5. The Hall–Kier alpha value is -0.640. The molecule has 1 aliphatic rings. The monoisotopic (exact) mass is 270 g/mol. The van der Waals surface area contributed by atoms with Crippen molar-refractivity contribution in [3.63, 3.8) is 0 Å². The third-order valence-corrected chi connectivity index (χ3v) is 3.93. The molecule has 18 heavy (non-hydrogen) atoms. The molecule has 0 bridgehead atoms. The zero-order chi connectivity index (χ0) is 13.0. The summed E-state index contributed by atoms with van der Waals surface area (Å²) in [6.45, 7) is 2.59. The molecule has 1 atom stereocenters. The first-order chi connectivity index (χ1) is 8.70. The Morgan fingerprint density at radius 3 is 2.94 bits per heavy atom. The van der Waals surface area contributed by atoms with Crippen molar-refractivity contribution in [2.75, 3.05) is 13.1 Å². The topological polar surface area (TPSA) is 29.3 Å². The van der Waals surface area contributed by atoms with Crippen LogP contribution in [0, 0.1) is 5.82 Å². The molecular formula is C14H20ClFN2. The van der Waals surface area contributed by atoms with Gasteiger partial charge in [0.1, 0.15) is 5.82 Å². The van der Waals surface area contributed by atoms with Gasteiger partial charge in [-0.25, -0.2) is 4.39 Å². The second-order valence-electron chi connectivity index (χ2n) is 4.95. The lowest BCUT2D eigenvalue weighted by Crippen LogP contribution is -2.40. The number of likely N-dealkylation sites (tertiary alicyclic amines) is 1. The zero-order valence-corrected chi connectivity index (χ0v) is 11.3. The number of halogens is 2. The highest BCUT2D eigenvalue weighted by Gasteiger charge is 2.21. The van der Waals surface area contributed by atoms with Gasteiger partial charge in [0.05, 0.1) is 5.02 Å². The Balaban J connectivity index is 2.03. The maximum atomic E-state index is 13.4. The summed E-state index contributed by atoms with van der Waals surface area (Å²) in [6.07, 6.45) is 4.72. The number of piperidine rings is 1. The van der Waals surface area contributed by atoms with Gasteiger partial charge in [-0.3, -0.25) is 4.90 Å². The summed E-state index contributed by atoms with van der Waals surface area (Å²) in [5, 5.41) is 0.191. The molecule has 0 saturated carbocycles. The fourth-order valence-electron chi connectivity index (χ4n) is 2.66. The van der Waals surface area contributed by atoms with Crippen molar-refractivity contribution < 1.29 is 4.39 Å². The van der Waals surface area contributed by atoms with E-state index in [9.17, 15) is 4.39 Å². The van der Waals surface area contributed by atoms with E-state index in [4.69, 9.17) is 17.3 Å². The number of rotatable bonds is 4. The molecule has 0 aliphatic carbocycles. The number of hydrogen-bond acceptors (Lipinski definition) is 2.